The molecule has 0 saturated heterocycles. The van der Waals surface area contributed by atoms with Crippen LogP contribution in [0.15, 0.2) is 22.6 Å². The molecule has 0 aliphatic carbocycles. The summed E-state index contributed by atoms with van der Waals surface area (Å²) in [5.74, 6) is -0.964. The number of carboxylic acid groups (broad SMARTS) is 1. The van der Waals surface area contributed by atoms with Crippen molar-refractivity contribution in [1.82, 2.24) is 0 Å². The molecular weight excluding hydrogens is 228 g/mol. The fraction of sp³-hybridized carbons (Fsp3) is 0.250. The van der Waals surface area contributed by atoms with Gasteiger partial charge in [-0.3, -0.25) is 0 Å². The van der Waals surface area contributed by atoms with Crippen LogP contribution in [0.3, 0.4) is 0 Å². The van der Waals surface area contributed by atoms with Crippen LogP contribution in [-0.2, 0) is 0 Å². The van der Waals surface area contributed by atoms with Crippen LogP contribution >= 0.6 is 11.6 Å². The Labute approximate surface area is 97.6 Å². The Hall–Kier alpha value is -1.48. The molecule has 1 N–H and O–H groups in total. The molecule has 3 nitrogen and oxygen atoms in total. The molecule has 0 unspecified atom stereocenters. The van der Waals surface area contributed by atoms with Crippen molar-refractivity contribution in [2.24, 2.45) is 0 Å². The maximum absolute atomic E-state index is 11.1. The molecule has 0 fully saturated rings. The molecule has 0 amide bonds. The number of rotatable bonds is 2. The number of hydrogen-bond donors (Lipinski definition) is 1. The highest BCUT2D eigenvalue weighted by atomic mass is 35.5. The van der Waals surface area contributed by atoms with Crippen molar-refractivity contribution in [2.45, 2.75) is 19.8 Å². The van der Waals surface area contributed by atoms with Gasteiger partial charge in [0.15, 0.2) is 0 Å². The number of carboxylic acids is 1. The predicted octanol–water partition coefficient (Wildman–Crippen LogP) is 3.91. The Morgan fingerprint density at radius 1 is 1.44 bits per heavy atom. The van der Waals surface area contributed by atoms with E-state index in [0.29, 0.717) is 16.2 Å². The Morgan fingerprint density at radius 2 is 2.12 bits per heavy atom. The summed E-state index contributed by atoms with van der Waals surface area (Å²) in [4.78, 5) is 11.1. The van der Waals surface area contributed by atoms with E-state index >= 15 is 0 Å². The van der Waals surface area contributed by atoms with E-state index in [1.807, 2.05) is 13.8 Å². The lowest BCUT2D eigenvalue weighted by molar-refractivity contribution is 0.0663. The topological polar surface area (TPSA) is 50.4 Å². The minimum Gasteiger partial charge on any atom is -0.475 e. The SMILES string of the molecule is CC(C)c1c(C(=O)O)oc2ccc(Cl)cc12. The zero-order chi connectivity index (χ0) is 11.9. The van der Waals surface area contributed by atoms with Crippen molar-refractivity contribution in [3.05, 3.63) is 34.5 Å². The average Bonchev–Trinajstić information content (AvgIpc) is 2.55. The molecule has 2 rings (SSSR count). The van der Waals surface area contributed by atoms with E-state index in [9.17, 15) is 4.79 Å². The predicted molar refractivity (Wildman–Crippen MR) is 62.3 cm³/mol. The minimum absolute atomic E-state index is 0.00673. The molecule has 1 aromatic carbocycles. The van der Waals surface area contributed by atoms with Gasteiger partial charge in [0, 0.05) is 16.0 Å². The molecule has 2 aromatic rings. The zero-order valence-corrected chi connectivity index (χ0v) is 9.71. The lowest BCUT2D eigenvalue weighted by Crippen LogP contribution is -2.00. The first-order chi connectivity index (χ1) is 7.50. The third-order valence-electron chi connectivity index (χ3n) is 2.46. The number of carbonyl (C=O) groups is 1. The summed E-state index contributed by atoms with van der Waals surface area (Å²) in [6.45, 7) is 3.86. The molecule has 84 valence electrons. The second kappa shape index (κ2) is 3.83. The van der Waals surface area contributed by atoms with Gasteiger partial charge in [-0.05, 0) is 24.1 Å². The molecule has 0 radical (unpaired) electrons. The largest absolute Gasteiger partial charge is 0.475 e. The van der Waals surface area contributed by atoms with E-state index in [2.05, 4.69) is 0 Å². The molecule has 1 aromatic heterocycles. The van der Waals surface area contributed by atoms with Crippen LogP contribution < -0.4 is 0 Å². The van der Waals surface area contributed by atoms with Gasteiger partial charge in [-0.15, -0.1) is 0 Å². The van der Waals surface area contributed by atoms with Crippen LogP contribution in [-0.4, -0.2) is 11.1 Å². The zero-order valence-electron chi connectivity index (χ0n) is 8.95. The first-order valence-corrected chi connectivity index (χ1v) is 5.33. The van der Waals surface area contributed by atoms with Crippen molar-refractivity contribution in [3.8, 4) is 0 Å². The maximum atomic E-state index is 11.1. The van der Waals surface area contributed by atoms with Crippen molar-refractivity contribution in [1.29, 1.82) is 0 Å². The van der Waals surface area contributed by atoms with Gasteiger partial charge in [0.2, 0.25) is 5.76 Å². The molecular formula is C12H11ClO3. The van der Waals surface area contributed by atoms with Crippen molar-refractivity contribution >= 4 is 28.5 Å². The molecule has 0 aliphatic rings. The van der Waals surface area contributed by atoms with Crippen LogP contribution in [0.25, 0.3) is 11.0 Å². The number of furan rings is 1. The van der Waals surface area contributed by atoms with E-state index in [4.69, 9.17) is 21.1 Å². The molecule has 0 bridgehead atoms. The lowest BCUT2D eigenvalue weighted by Gasteiger charge is -2.03. The van der Waals surface area contributed by atoms with E-state index in [1.54, 1.807) is 18.2 Å². The first-order valence-electron chi connectivity index (χ1n) is 4.96. The van der Waals surface area contributed by atoms with Gasteiger partial charge in [0.25, 0.3) is 0 Å². The summed E-state index contributed by atoms with van der Waals surface area (Å²) >= 11 is 5.90. The Balaban J connectivity index is 2.82. The van der Waals surface area contributed by atoms with Gasteiger partial charge >= 0.3 is 5.97 Å². The number of fused-ring (bicyclic) bond motifs is 1. The highest BCUT2D eigenvalue weighted by molar-refractivity contribution is 6.31. The molecule has 0 saturated carbocycles. The van der Waals surface area contributed by atoms with Crippen molar-refractivity contribution < 1.29 is 14.3 Å². The molecule has 0 aliphatic heterocycles. The number of halogens is 1. The van der Waals surface area contributed by atoms with E-state index < -0.39 is 5.97 Å². The summed E-state index contributed by atoms with van der Waals surface area (Å²) in [6.07, 6.45) is 0. The second-order valence-corrected chi connectivity index (χ2v) is 4.38. The fourth-order valence-electron chi connectivity index (χ4n) is 1.82. The highest BCUT2D eigenvalue weighted by Crippen LogP contribution is 2.33. The first kappa shape index (κ1) is 11.0. The van der Waals surface area contributed by atoms with E-state index in [0.717, 1.165) is 5.39 Å². The van der Waals surface area contributed by atoms with Gasteiger partial charge in [-0.2, -0.15) is 0 Å². The Morgan fingerprint density at radius 3 is 2.69 bits per heavy atom. The van der Waals surface area contributed by atoms with Crippen LogP contribution in [0.4, 0.5) is 0 Å². The van der Waals surface area contributed by atoms with Crippen molar-refractivity contribution in [3.63, 3.8) is 0 Å². The molecule has 1 heterocycles. The smallest absolute Gasteiger partial charge is 0.372 e. The standard InChI is InChI=1S/C12H11ClO3/c1-6(2)10-8-5-7(13)3-4-9(8)16-11(10)12(14)15/h3-6H,1-2H3,(H,14,15). The van der Waals surface area contributed by atoms with Gasteiger partial charge in [-0.25, -0.2) is 4.79 Å². The van der Waals surface area contributed by atoms with Gasteiger partial charge in [0.1, 0.15) is 5.58 Å². The minimum atomic E-state index is -1.05. The summed E-state index contributed by atoms with van der Waals surface area (Å²) in [6, 6.07) is 5.11. The normalized spacial score (nSPS) is 11.2. The number of benzene rings is 1. The Kier molecular flexibility index (Phi) is 2.64. The van der Waals surface area contributed by atoms with E-state index in [-0.39, 0.29) is 11.7 Å². The van der Waals surface area contributed by atoms with Gasteiger partial charge in [0.05, 0.1) is 0 Å². The monoisotopic (exact) mass is 238 g/mol. The van der Waals surface area contributed by atoms with Crippen LogP contribution in [0.1, 0.15) is 35.9 Å². The summed E-state index contributed by atoms with van der Waals surface area (Å²) in [7, 11) is 0. The highest BCUT2D eigenvalue weighted by Gasteiger charge is 2.21. The van der Waals surface area contributed by atoms with E-state index in [1.165, 1.54) is 0 Å². The number of hydrogen-bond acceptors (Lipinski definition) is 2. The third kappa shape index (κ3) is 1.67. The summed E-state index contributed by atoms with van der Waals surface area (Å²) in [5.41, 5.74) is 1.26. The van der Waals surface area contributed by atoms with Crippen LogP contribution in [0.2, 0.25) is 5.02 Å². The molecule has 0 atom stereocenters. The second-order valence-electron chi connectivity index (χ2n) is 3.95. The van der Waals surface area contributed by atoms with Crippen molar-refractivity contribution in [2.75, 3.05) is 0 Å². The third-order valence-corrected chi connectivity index (χ3v) is 2.70. The van der Waals surface area contributed by atoms with Crippen LogP contribution in [0.5, 0.6) is 0 Å². The molecule has 0 spiro atoms. The quantitative estimate of drug-likeness (QED) is 0.863. The summed E-state index contributed by atoms with van der Waals surface area (Å²) in [5, 5.41) is 10.4. The average molecular weight is 239 g/mol. The van der Waals surface area contributed by atoms with Gasteiger partial charge in [-0.1, -0.05) is 25.4 Å². The Bertz CT molecular complexity index is 555. The van der Waals surface area contributed by atoms with Gasteiger partial charge < -0.3 is 9.52 Å². The lowest BCUT2D eigenvalue weighted by atomic mass is 9.99. The molecule has 4 heteroatoms. The fourth-order valence-corrected chi connectivity index (χ4v) is 1.99. The molecule has 16 heavy (non-hydrogen) atoms. The number of aromatic carboxylic acids is 1. The summed E-state index contributed by atoms with van der Waals surface area (Å²) < 4.78 is 5.32. The van der Waals surface area contributed by atoms with Crippen LogP contribution in [0, 0.1) is 0 Å². The maximum Gasteiger partial charge on any atom is 0.372 e.